The summed E-state index contributed by atoms with van der Waals surface area (Å²) in [4.78, 5) is 10.7. The molecule has 4 nitrogen and oxygen atoms in total. The molecule has 4 heteroatoms. The first-order valence-electron chi connectivity index (χ1n) is 17.6. The smallest absolute Gasteiger partial charge is 0.235 e. The average Bonchev–Trinajstić information content (AvgIpc) is 3.76. The van der Waals surface area contributed by atoms with Gasteiger partial charge in [0, 0.05) is 43.8 Å². The lowest BCUT2D eigenvalue weighted by Crippen LogP contribution is -2.04. The van der Waals surface area contributed by atoms with Crippen LogP contribution in [0.25, 0.3) is 105 Å². The van der Waals surface area contributed by atoms with Gasteiger partial charge in [0.25, 0.3) is 0 Å². The van der Waals surface area contributed by atoms with Crippen LogP contribution in [0, 0.1) is 0 Å². The van der Waals surface area contributed by atoms with Crippen LogP contribution in [0.1, 0.15) is 0 Å². The molecule has 0 radical (unpaired) electrons. The second-order valence-corrected chi connectivity index (χ2v) is 13.4. The maximum Gasteiger partial charge on any atom is 0.235 e. The SMILES string of the molecule is c1ccc(-c2cc(-c3ccccc3)nc(-n3c4cc5ccccc5cc4c4cccc(-c5cccc6c5oc5ccc7ccccc7c56)c43)n2)cc1. The lowest BCUT2D eigenvalue weighted by Gasteiger charge is -2.14. The van der Waals surface area contributed by atoms with E-state index in [0.717, 1.165) is 82.8 Å². The van der Waals surface area contributed by atoms with E-state index in [1.807, 2.05) is 12.1 Å². The van der Waals surface area contributed by atoms with Gasteiger partial charge >= 0.3 is 0 Å². The van der Waals surface area contributed by atoms with Crippen molar-refractivity contribution in [3.05, 3.63) is 176 Å². The summed E-state index contributed by atoms with van der Waals surface area (Å²) < 4.78 is 9.06. The number of para-hydroxylation sites is 2. The molecular formula is C48H29N3O. The highest BCUT2D eigenvalue weighted by Crippen LogP contribution is 2.44. The van der Waals surface area contributed by atoms with Gasteiger partial charge in [-0.1, -0.05) is 152 Å². The summed E-state index contributed by atoms with van der Waals surface area (Å²) in [6.07, 6.45) is 0. The summed E-state index contributed by atoms with van der Waals surface area (Å²) in [6.45, 7) is 0. The fourth-order valence-electron chi connectivity index (χ4n) is 8.00. The monoisotopic (exact) mass is 663 g/mol. The minimum atomic E-state index is 0.616. The molecule has 0 aliphatic heterocycles. The van der Waals surface area contributed by atoms with Crippen molar-refractivity contribution in [2.75, 3.05) is 0 Å². The molecule has 0 saturated carbocycles. The molecule has 0 aliphatic carbocycles. The van der Waals surface area contributed by atoms with Crippen molar-refractivity contribution in [1.29, 1.82) is 0 Å². The number of furan rings is 1. The topological polar surface area (TPSA) is 43.9 Å². The highest BCUT2D eigenvalue weighted by Gasteiger charge is 2.23. The van der Waals surface area contributed by atoms with Crippen LogP contribution in [0.3, 0.4) is 0 Å². The van der Waals surface area contributed by atoms with Crippen molar-refractivity contribution in [2.45, 2.75) is 0 Å². The third kappa shape index (κ3) is 4.34. The van der Waals surface area contributed by atoms with Crippen LogP contribution in [0.15, 0.2) is 180 Å². The second kappa shape index (κ2) is 11.2. The van der Waals surface area contributed by atoms with E-state index >= 15 is 0 Å². The Kier molecular flexibility index (Phi) is 6.22. The summed E-state index contributed by atoms with van der Waals surface area (Å²) in [5.41, 5.74) is 9.72. The molecule has 0 fully saturated rings. The first-order valence-corrected chi connectivity index (χ1v) is 17.6. The van der Waals surface area contributed by atoms with Crippen LogP contribution < -0.4 is 0 Å². The molecule has 0 amide bonds. The summed E-state index contributed by atoms with van der Waals surface area (Å²) >= 11 is 0. The van der Waals surface area contributed by atoms with Gasteiger partial charge in [0.2, 0.25) is 5.95 Å². The number of fused-ring (bicyclic) bond motifs is 9. The quantitative estimate of drug-likeness (QED) is 0.188. The molecule has 0 saturated heterocycles. The largest absolute Gasteiger partial charge is 0.455 e. The highest BCUT2D eigenvalue weighted by molar-refractivity contribution is 6.23. The fourth-order valence-corrected chi connectivity index (χ4v) is 8.00. The van der Waals surface area contributed by atoms with Crippen molar-refractivity contribution in [3.63, 3.8) is 0 Å². The molecule has 242 valence electrons. The number of hydrogen-bond acceptors (Lipinski definition) is 3. The fraction of sp³-hybridized carbons (Fsp3) is 0. The number of aromatic nitrogens is 3. The van der Waals surface area contributed by atoms with Crippen LogP contribution >= 0.6 is 0 Å². The number of nitrogens with zero attached hydrogens (tertiary/aromatic N) is 3. The van der Waals surface area contributed by atoms with Gasteiger partial charge in [-0.25, -0.2) is 9.97 Å². The maximum absolute atomic E-state index is 6.79. The van der Waals surface area contributed by atoms with Crippen molar-refractivity contribution in [1.82, 2.24) is 14.5 Å². The average molecular weight is 664 g/mol. The van der Waals surface area contributed by atoms with Crippen LogP contribution in [0.5, 0.6) is 0 Å². The third-order valence-electron chi connectivity index (χ3n) is 10.4. The lowest BCUT2D eigenvalue weighted by atomic mass is 9.98. The van der Waals surface area contributed by atoms with Gasteiger partial charge in [0.15, 0.2) is 0 Å². The van der Waals surface area contributed by atoms with Gasteiger partial charge in [-0.05, 0) is 45.8 Å². The lowest BCUT2D eigenvalue weighted by molar-refractivity contribution is 0.670. The Morgan fingerprint density at radius 1 is 0.423 bits per heavy atom. The number of benzene rings is 8. The van der Waals surface area contributed by atoms with E-state index in [-0.39, 0.29) is 0 Å². The van der Waals surface area contributed by atoms with Crippen LogP contribution in [-0.4, -0.2) is 14.5 Å². The minimum absolute atomic E-state index is 0.616. The van der Waals surface area contributed by atoms with E-state index in [0.29, 0.717) is 5.95 Å². The van der Waals surface area contributed by atoms with Crippen LogP contribution in [0.2, 0.25) is 0 Å². The van der Waals surface area contributed by atoms with E-state index in [2.05, 4.69) is 168 Å². The Morgan fingerprint density at radius 3 is 1.75 bits per heavy atom. The summed E-state index contributed by atoms with van der Waals surface area (Å²) in [6, 6.07) is 61.8. The maximum atomic E-state index is 6.79. The predicted molar refractivity (Wildman–Crippen MR) is 215 cm³/mol. The Bertz CT molecular complexity index is 3120. The van der Waals surface area contributed by atoms with Crippen molar-refractivity contribution < 1.29 is 4.42 Å². The molecule has 52 heavy (non-hydrogen) atoms. The molecule has 0 aliphatic rings. The molecule has 11 rings (SSSR count). The van der Waals surface area contributed by atoms with Gasteiger partial charge < -0.3 is 4.42 Å². The zero-order chi connectivity index (χ0) is 34.2. The molecule has 11 aromatic rings. The van der Waals surface area contributed by atoms with Crippen molar-refractivity contribution in [2.24, 2.45) is 0 Å². The van der Waals surface area contributed by atoms with Gasteiger partial charge in [-0.2, -0.15) is 0 Å². The van der Waals surface area contributed by atoms with Gasteiger partial charge in [0.05, 0.1) is 22.4 Å². The highest BCUT2D eigenvalue weighted by atomic mass is 16.3. The van der Waals surface area contributed by atoms with Gasteiger partial charge in [-0.15, -0.1) is 0 Å². The van der Waals surface area contributed by atoms with E-state index < -0.39 is 0 Å². The molecule has 8 aromatic carbocycles. The first-order chi connectivity index (χ1) is 25.8. The van der Waals surface area contributed by atoms with E-state index in [4.69, 9.17) is 14.4 Å². The summed E-state index contributed by atoms with van der Waals surface area (Å²) in [5.74, 6) is 0.616. The second-order valence-electron chi connectivity index (χ2n) is 13.4. The molecule has 0 unspecified atom stereocenters. The standard InChI is InChI=1S/C48H29N3O/c1-3-14-31(15-4-1)41-29-42(32-16-5-2-6-17-32)50-48(49-41)51-43-28-34-19-8-7-18-33(34)27-40(43)37-22-11-21-36(46(37)51)38-23-12-24-39-45-35-20-10-9-13-30(35)25-26-44(45)52-47(38)39/h1-29H. The molecule has 0 atom stereocenters. The van der Waals surface area contributed by atoms with Gasteiger partial charge in [0.1, 0.15) is 11.2 Å². The summed E-state index contributed by atoms with van der Waals surface area (Å²) in [5, 5.41) is 9.25. The normalized spacial score (nSPS) is 11.8. The zero-order valence-electron chi connectivity index (χ0n) is 28.0. The summed E-state index contributed by atoms with van der Waals surface area (Å²) in [7, 11) is 0. The number of rotatable bonds is 4. The number of hydrogen-bond donors (Lipinski definition) is 0. The molecule has 3 aromatic heterocycles. The van der Waals surface area contributed by atoms with Crippen LogP contribution in [0.4, 0.5) is 0 Å². The molecule has 0 N–H and O–H groups in total. The van der Waals surface area contributed by atoms with Crippen LogP contribution in [-0.2, 0) is 0 Å². The molecule has 0 bridgehead atoms. The van der Waals surface area contributed by atoms with E-state index in [1.165, 1.54) is 16.2 Å². The Morgan fingerprint density at radius 2 is 1.02 bits per heavy atom. The Labute approximate surface area is 298 Å². The Hall–Kier alpha value is -7.04. The predicted octanol–water partition coefficient (Wildman–Crippen LogP) is 12.8. The van der Waals surface area contributed by atoms with Crippen molar-refractivity contribution >= 4 is 65.3 Å². The molecular weight excluding hydrogens is 635 g/mol. The Balaban J connectivity index is 1.28. The first kappa shape index (κ1) is 28.8. The molecule has 0 spiro atoms. The van der Waals surface area contributed by atoms with E-state index in [1.54, 1.807) is 0 Å². The zero-order valence-corrected chi connectivity index (χ0v) is 28.0. The molecule has 3 heterocycles. The third-order valence-corrected chi connectivity index (χ3v) is 10.4. The van der Waals surface area contributed by atoms with Gasteiger partial charge in [-0.3, -0.25) is 4.57 Å². The van der Waals surface area contributed by atoms with E-state index in [9.17, 15) is 0 Å². The minimum Gasteiger partial charge on any atom is -0.455 e. The van der Waals surface area contributed by atoms with Crippen molar-refractivity contribution in [3.8, 4) is 39.6 Å².